The third kappa shape index (κ3) is 3.21. The van der Waals surface area contributed by atoms with Gasteiger partial charge in [0.1, 0.15) is 5.82 Å². The van der Waals surface area contributed by atoms with Crippen molar-refractivity contribution in [1.29, 1.82) is 0 Å². The number of fused-ring (bicyclic) bond motifs is 3. The molecule has 1 N–H and O–H groups in total. The monoisotopic (exact) mass is 422 g/mol. The maximum Gasteiger partial charge on any atom is 0.268 e. The fourth-order valence-corrected chi connectivity index (χ4v) is 5.31. The van der Waals surface area contributed by atoms with E-state index in [-0.39, 0.29) is 5.91 Å². The van der Waals surface area contributed by atoms with Gasteiger partial charge in [0, 0.05) is 23.7 Å². The highest BCUT2D eigenvalue weighted by Gasteiger charge is 2.46. The summed E-state index contributed by atoms with van der Waals surface area (Å²) in [7, 11) is 0. The molecule has 2 aliphatic heterocycles. The Balaban J connectivity index is 1.21. The third-order valence-electron chi connectivity index (χ3n) is 6.92. The van der Waals surface area contributed by atoms with Crippen molar-refractivity contribution in [2.45, 2.75) is 38.3 Å². The van der Waals surface area contributed by atoms with Gasteiger partial charge in [-0.05, 0) is 55.5 Å². The Hall–Kier alpha value is -3.44. The Kier molecular flexibility index (Phi) is 4.58. The number of carbonyl (C=O) groups is 1. The average molecular weight is 423 g/mol. The van der Waals surface area contributed by atoms with Crippen LogP contribution < -0.4 is 0 Å². The van der Waals surface area contributed by atoms with Gasteiger partial charge in [-0.2, -0.15) is 0 Å². The van der Waals surface area contributed by atoms with Crippen LogP contribution in [0, 0.1) is 6.92 Å². The summed E-state index contributed by atoms with van der Waals surface area (Å²) in [5, 5.41) is 4.32. The van der Waals surface area contributed by atoms with Crippen molar-refractivity contribution < 1.29 is 4.79 Å². The Morgan fingerprint density at radius 1 is 1.03 bits per heavy atom. The van der Waals surface area contributed by atoms with Crippen LogP contribution in [0.5, 0.6) is 0 Å². The van der Waals surface area contributed by atoms with Gasteiger partial charge in [0.05, 0.1) is 17.1 Å². The van der Waals surface area contributed by atoms with Crippen LogP contribution in [0.15, 0.2) is 72.8 Å². The number of imidazole rings is 1. The van der Waals surface area contributed by atoms with Gasteiger partial charge in [0.2, 0.25) is 0 Å². The van der Waals surface area contributed by atoms with Crippen LogP contribution in [-0.2, 0) is 6.42 Å². The van der Waals surface area contributed by atoms with E-state index in [0.29, 0.717) is 12.1 Å². The van der Waals surface area contributed by atoms with Gasteiger partial charge in [-0.1, -0.05) is 54.6 Å². The molecular weight excluding hydrogens is 396 g/mol. The molecule has 3 atom stereocenters. The van der Waals surface area contributed by atoms with Gasteiger partial charge in [0.15, 0.2) is 0 Å². The van der Waals surface area contributed by atoms with Crippen molar-refractivity contribution in [2.75, 3.05) is 6.54 Å². The second-order valence-corrected chi connectivity index (χ2v) is 8.97. The number of H-pyrrole nitrogens is 1. The molecular formula is C27H26N4O. The first kappa shape index (κ1) is 19.3. The minimum Gasteiger partial charge on any atom is -0.338 e. The molecule has 2 aliphatic rings. The third-order valence-corrected chi connectivity index (χ3v) is 6.92. The summed E-state index contributed by atoms with van der Waals surface area (Å²) >= 11 is 0. The summed E-state index contributed by atoms with van der Waals surface area (Å²) in [5.41, 5.74) is 6.24. The lowest BCUT2D eigenvalue weighted by Gasteiger charge is -2.28. The first-order chi connectivity index (χ1) is 15.7. The molecule has 2 bridgehead atoms. The highest BCUT2D eigenvalue weighted by Crippen LogP contribution is 2.36. The van der Waals surface area contributed by atoms with Crippen LogP contribution in [0.4, 0.5) is 0 Å². The number of nitrogens with zero attached hydrogens (tertiary/aromatic N) is 3. The quantitative estimate of drug-likeness (QED) is 0.504. The lowest BCUT2D eigenvalue weighted by molar-refractivity contribution is 0.0198. The highest BCUT2D eigenvalue weighted by atomic mass is 16.2. The summed E-state index contributed by atoms with van der Waals surface area (Å²) in [4.78, 5) is 21.6. The van der Waals surface area contributed by atoms with Gasteiger partial charge >= 0.3 is 0 Å². The second-order valence-electron chi connectivity index (χ2n) is 8.97. The van der Waals surface area contributed by atoms with E-state index in [2.05, 4.69) is 53.3 Å². The molecule has 32 heavy (non-hydrogen) atoms. The van der Waals surface area contributed by atoms with E-state index in [1.807, 2.05) is 41.4 Å². The summed E-state index contributed by atoms with van der Waals surface area (Å²) < 4.78 is 0. The van der Waals surface area contributed by atoms with Crippen LogP contribution in [0.2, 0.25) is 0 Å². The van der Waals surface area contributed by atoms with Crippen LogP contribution in [0.3, 0.4) is 0 Å². The zero-order valence-corrected chi connectivity index (χ0v) is 18.2. The highest BCUT2D eigenvalue weighted by molar-refractivity contribution is 5.95. The fourth-order valence-electron chi connectivity index (χ4n) is 5.31. The van der Waals surface area contributed by atoms with Crippen LogP contribution in [0.1, 0.15) is 34.3 Å². The van der Waals surface area contributed by atoms with Crippen molar-refractivity contribution >= 4 is 16.9 Å². The number of nitrogens with one attached hydrogen (secondary N) is 1. The molecule has 0 radical (unpaired) electrons. The Bertz CT molecular complexity index is 1280. The van der Waals surface area contributed by atoms with Gasteiger partial charge in [-0.3, -0.25) is 9.80 Å². The maximum atomic E-state index is 13.4. The topological polar surface area (TPSA) is 52.2 Å². The van der Waals surface area contributed by atoms with Gasteiger partial charge in [-0.25, -0.2) is 9.99 Å². The Labute approximate surface area is 187 Å². The second kappa shape index (κ2) is 7.61. The van der Waals surface area contributed by atoms with Crippen LogP contribution in [0.25, 0.3) is 22.4 Å². The number of rotatable bonds is 4. The molecule has 6 rings (SSSR count). The minimum absolute atomic E-state index is 0.107. The molecule has 2 saturated heterocycles. The van der Waals surface area contributed by atoms with E-state index in [1.54, 1.807) is 0 Å². The minimum atomic E-state index is 0.107. The number of aryl methyl sites for hydroxylation is 1. The van der Waals surface area contributed by atoms with Crippen molar-refractivity contribution in [1.82, 2.24) is 20.0 Å². The van der Waals surface area contributed by atoms with E-state index in [0.717, 1.165) is 59.4 Å². The number of benzene rings is 3. The van der Waals surface area contributed by atoms with E-state index >= 15 is 0 Å². The first-order valence-electron chi connectivity index (χ1n) is 11.4. The molecule has 3 aromatic carbocycles. The normalized spacial score (nSPS) is 22.0. The molecule has 1 amide bonds. The number of aromatic amines is 1. The van der Waals surface area contributed by atoms with Crippen molar-refractivity contribution in [2.24, 2.45) is 0 Å². The number of piperidine rings is 1. The fraction of sp³-hybridized carbons (Fsp3) is 0.259. The molecule has 3 heterocycles. The number of hydrazine groups is 1. The molecule has 0 spiro atoms. The zero-order valence-electron chi connectivity index (χ0n) is 18.2. The van der Waals surface area contributed by atoms with Gasteiger partial charge in [0.25, 0.3) is 5.91 Å². The molecule has 4 aromatic rings. The van der Waals surface area contributed by atoms with E-state index in [4.69, 9.17) is 4.98 Å². The molecule has 0 saturated carbocycles. The summed E-state index contributed by atoms with van der Waals surface area (Å²) in [6.07, 6.45) is 3.11. The molecule has 5 nitrogen and oxygen atoms in total. The molecule has 160 valence electrons. The summed E-state index contributed by atoms with van der Waals surface area (Å²) in [6, 6.07) is 25.3. The smallest absolute Gasteiger partial charge is 0.268 e. The number of para-hydroxylation sites is 1. The number of hydrogen-bond donors (Lipinski definition) is 1. The molecule has 0 aliphatic carbocycles. The molecule has 5 heteroatoms. The van der Waals surface area contributed by atoms with Crippen LogP contribution >= 0.6 is 0 Å². The van der Waals surface area contributed by atoms with E-state index in [9.17, 15) is 4.79 Å². The van der Waals surface area contributed by atoms with Gasteiger partial charge < -0.3 is 4.98 Å². The van der Waals surface area contributed by atoms with Crippen molar-refractivity contribution in [3.05, 3.63) is 89.5 Å². The predicted octanol–water partition coefficient (Wildman–Crippen LogP) is 4.98. The molecule has 3 unspecified atom stereocenters. The number of hydrogen-bond acceptors (Lipinski definition) is 3. The average Bonchev–Trinajstić information content (AvgIpc) is 3.53. The lowest BCUT2D eigenvalue weighted by atomic mass is 9.97. The van der Waals surface area contributed by atoms with E-state index < -0.39 is 0 Å². The lowest BCUT2D eigenvalue weighted by Crippen LogP contribution is -2.42. The molecule has 2 fully saturated rings. The van der Waals surface area contributed by atoms with Crippen molar-refractivity contribution in [3.8, 4) is 11.4 Å². The SMILES string of the molecule is Cc1cccc2[nH]c(-c3ccc(C(=O)N4C5CCN4C(Cc4ccccc4)C5)cc3)nc12. The summed E-state index contributed by atoms with van der Waals surface area (Å²) in [5.74, 6) is 0.941. The zero-order chi connectivity index (χ0) is 21.7. The number of aromatic nitrogens is 2. The molecule has 1 aromatic heterocycles. The van der Waals surface area contributed by atoms with Gasteiger partial charge in [-0.15, -0.1) is 0 Å². The first-order valence-corrected chi connectivity index (χ1v) is 11.4. The summed E-state index contributed by atoms with van der Waals surface area (Å²) in [6.45, 7) is 3.03. The standard InChI is InChI=1S/C27H26N4O/c1-18-6-5-9-24-25(18)29-26(28-24)20-10-12-21(13-11-20)27(32)31-22-14-15-30(31)23(17-22)16-19-7-3-2-4-8-19/h2-13,22-23H,14-17H2,1H3,(H,28,29). The largest absolute Gasteiger partial charge is 0.338 e. The van der Waals surface area contributed by atoms with Crippen molar-refractivity contribution in [3.63, 3.8) is 0 Å². The Morgan fingerprint density at radius 3 is 2.62 bits per heavy atom. The Morgan fingerprint density at radius 2 is 1.84 bits per heavy atom. The van der Waals surface area contributed by atoms with E-state index in [1.165, 1.54) is 5.56 Å². The number of carbonyl (C=O) groups excluding carboxylic acids is 1. The number of amides is 1. The maximum absolute atomic E-state index is 13.4. The predicted molar refractivity (Wildman–Crippen MR) is 126 cm³/mol. The van der Waals surface area contributed by atoms with Crippen LogP contribution in [-0.4, -0.2) is 44.5 Å².